The summed E-state index contributed by atoms with van der Waals surface area (Å²) in [6, 6.07) is 4.90. The van der Waals surface area contributed by atoms with E-state index in [4.69, 9.17) is 16.3 Å². The third-order valence-electron chi connectivity index (χ3n) is 3.11. The van der Waals surface area contributed by atoms with Gasteiger partial charge in [0.1, 0.15) is 5.82 Å². The quantitative estimate of drug-likeness (QED) is 0.768. The topological polar surface area (TPSA) is 12.5 Å². The Bertz CT molecular complexity index is 455. The average Bonchev–Trinajstić information content (AvgIpc) is 2.32. The van der Waals surface area contributed by atoms with E-state index in [2.05, 4.69) is 34.7 Å². The van der Waals surface area contributed by atoms with Crippen molar-refractivity contribution < 1.29 is 9.13 Å². The zero-order valence-electron chi connectivity index (χ0n) is 11.1. The largest absolute Gasteiger partial charge is 0.369 e. The smallest absolute Gasteiger partial charge is 0.141 e. The third-order valence-corrected chi connectivity index (χ3v) is 4.13. The van der Waals surface area contributed by atoms with Gasteiger partial charge in [0, 0.05) is 25.0 Å². The van der Waals surface area contributed by atoms with Crippen LogP contribution in [0.3, 0.4) is 0 Å². The molecule has 1 aliphatic heterocycles. The van der Waals surface area contributed by atoms with Crippen molar-refractivity contribution in [2.45, 2.75) is 32.1 Å². The van der Waals surface area contributed by atoms with Gasteiger partial charge in [-0.15, -0.1) is 0 Å². The summed E-state index contributed by atoms with van der Waals surface area (Å²) in [6.45, 7) is 6.66. The summed E-state index contributed by atoms with van der Waals surface area (Å²) in [5, 5.41) is 0.999. The number of hydrogen-bond donors (Lipinski definition) is 0. The molecule has 1 unspecified atom stereocenters. The number of rotatable bonds is 3. The van der Waals surface area contributed by atoms with Gasteiger partial charge in [-0.3, -0.25) is 4.90 Å². The molecule has 1 fully saturated rings. The van der Waals surface area contributed by atoms with E-state index in [1.54, 1.807) is 12.1 Å². The number of hydrogen-bond acceptors (Lipinski definition) is 2. The van der Waals surface area contributed by atoms with Crippen LogP contribution in [0.2, 0.25) is 5.02 Å². The van der Waals surface area contributed by atoms with Crippen LogP contribution in [0.5, 0.6) is 0 Å². The Labute approximate surface area is 127 Å². The first-order valence-electron chi connectivity index (χ1n) is 6.30. The van der Waals surface area contributed by atoms with Gasteiger partial charge in [-0.05, 0) is 31.5 Å². The molecule has 0 bridgehead atoms. The Kier molecular flexibility index (Phi) is 4.88. The summed E-state index contributed by atoms with van der Waals surface area (Å²) < 4.78 is 19.1. The first-order valence-corrected chi connectivity index (χ1v) is 7.79. The molecule has 0 aromatic heterocycles. The number of halogens is 3. The molecule has 0 amide bonds. The van der Waals surface area contributed by atoms with E-state index in [1.807, 2.05) is 0 Å². The van der Waals surface area contributed by atoms with Crippen LogP contribution in [-0.4, -0.2) is 35.0 Å². The highest BCUT2D eigenvalue weighted by Crippen LogP contribution is 2.24. The van der Waals surface area contributed by atoms with E-state index in [1.165, 1.54) is 6.07 Å². The lowest BCUT2D eigenvalue weighted by atomic mass is 10.0. The van der Waals surface area contributed by atoms with Crippen LogP contribution in [0.4, 0.5) is 4.39 Å². The van der Waals surface area contributed by atoms with Crippen molar-refractivity contribution >= 4 is 27.5 Å². The Morgan fingerprint density at radius 1 is 1.53 bits per heavy atom. The Balaban J connectivity index is 2.07. The minimum Gasteiger partial charge on any atom is -0.369 e. The Morgan fingerprint density at radius 3 is 2.89 bits per heavy atom. The van der Waals surface area contributed by atoms with Crippen molar-refractivity contribution in [2.24, 2.45) is 0 Å². The fraction of sp³-hybridized carbons (Fsp3) is 0.571. The summed E-state index contributed by atoms with van der Waals surface area (Å²) in [5.74, 6) is -0.369. The van der Waals surface area contributed by atoms with Gasteiger partial charge < -0.3 is 4.74 Å². The molecule has 1 aromatic rings. The molecule has 0 N–H and O–H groups in total. The maximum atomic E-state index is 13.1. The maximum Gasteiger partial charge on any atom is 0.141 e. The van der Waals surface area contributed by atoms with Gasteiger partial charge >= 0.3 is 0 Å². The predicted molar refractivity (Wildman–Crippen MR) is 79.4 cm³/mol. The maximum absolute atomic E-state index is 13.1. The summed E-state index contributed by atoms with van der Waals surface area (Å²) in [7, 11) is 0. The second-order valence-corrected chi connectivity index (χ2v) is 6.63. The molecular formula is C14H18BrClFNO. The number of benzene rings is 1. The lowest BCUT2D eigenvalue weighted by Crippen LogP contribution is -2.52. The molecule has 2 nitrogen and oxygen atoms in total. The van der Waals surface area contributed by atoms with Gasteiger partial charge in [0.2, 0.25) is 0 Å². The highest BCUT2D eigenvalue weighted by Gasteiger charge is 2.32. The van der Waals surface area contributed by atoms with Crippen LogP contribution in [0.25, 0.3) is 0 Å². The summed E-state index contributed by atoms with van der Waals surface area (Å²) in [6.07, 6.45) is 0.180. The molecule has 0 aliphatic carbocycles. The molecule has 0 radical (unpaired) electrons. The van der Waals surface area contributed by atoms with Crippen molar-refractivity contribution in [2.75, 3.05) is 18.4 Å². The van der Waals surface area contributed by atoms with Crippen LogP contribution in [-0.2, 0) is 11.3 Å². The zero-order valence-corrected chi connectivity index (χ0v) is 13.5. The van der Waals surface area contributed by atoms with Gasteiger partial charge in [0.15, 0.2) is 0 Å². The van der Waals surface area contributed by atoms with Crippen molar-refractivity contribution in [1.82, 2.24) is 4.90 Å². The van der Waals surface area contributed by atoms with Gasteiger partial charge in [-0.2, -0.15) is 0 Å². The second kappa shape index (κ2) is 6.08. The van der Waals surface area contributed by atoms with Crippen molar-refractivity contribution in [1.29, 1.82) is 0 Å². The lowest BCUT2D eigenvalue weighted by Gasteiger charge is -2.42. The summed E-state index contributed by atoms with van der Waals surface area (Å²) >= 11 is 9.29. The molecule has 19 heavy (non-hydrogen) atoms. The zero-order chi connectivity index (χ0) is 14.0. The summed E-state index contributed by atoms with van der Waals surface area (Å²) in [4.78, 5) is 2.32. The van der Waals surface area contributed by atoms with Crippen LogP contribution < -0.4 is 0 Å². The Hall–Kier alpha value is -0.160. The molecule has 0 spiro atoms. The van der Waals surface area contributed by atoms with Crippen molar-refractivity contribution in [3.63, 3.8) is 0 Å². The third kappa shape index (κ3) is 4.15. The van der Waals surface area contributed by atoms with Gasteiger partial charge in [-0.1, -0.05) is 33.6 Å². The number of alkyl halides is 1. The first-order chi connectivity index (χ1) is 8.89. The van der Waals surface area contributed by atoms with Crippen molar-refractivity contribution in [3.05, 3.63) is 34.6 Å². The van der Waals surface area contributed by atoms with E-state index in [0.29, 0.717) is 0 Å². The van der Waals surface area contributed by atoms with Crippen LogP contribution >= 0.6 is 27.5 Å². The van der Waals surface area contributed by atoms with E-state index < -0.39 is 0 Å². The van der Waals surface area contributed by atoms with E-state index in [-0.39, 0.29) is 22.5 Å². The van der Waals surface area contributed by atoms with Crippen LogP contribution in [0.15, 0.2) is 18.2 Å². The molecule has 0 saturated carbocycles. The van der Waals surface area contributed by atoms with Crippen LogP contribution in [0, 0.1) is 5.82 Å². The second-order valence-electron chi connectivity index (χ2n) is 5.57. The van der Waals surface area contributed by atoms with E-state index >= 15 is 0 Å². The molecule has 1 aromatic carbocycles. The number of ether oxygens (including phenoxy) is 1. The van der Waals surface area contributed by atoms with Gasteiger partial charge in [0.05, 0.1) is 16.7 Å². The first kappa shape index (κ1) is 15.2. The monoisotopic (exact) mass is 349 g/mol. The molecule has 1 heterocycles. The number of morpholine rings is 1. The van der Waals surface area contributed by atoms with Gasteiger partial charge in [0.25, 0.3) is 0 Å². The highest BCUT2D eigenvalue weighted by molar-refractivity contribution is 9.09. The molecular weight excluding hydrogens is 333 g/mol. The molecule has 1 saturated heterocycles. The predicted octanol–water partition coefficient (Wildman–Crippen LogP) is 3.85. The molecule has 5 heteroatoms. The Morgan fingerprint density at radius 2 is 2.26 bits per heavy atom. The lowest BCUT2D eigenvalue weighted by molar-refractivity contribution is -0.128. The van der Waals surface area contributed by atoms with E-state index in [9.17, 15) is 4.39 Å². The highest BCUT2D eigenvalue weighted by atomic mass is 79.9. The minimum absolute atomic E-state index is 0.166. The van der Waals surface area contributed by atoms with Crippen LogP contribution in [0.1, 0.15) is 19.4 Å². The SMILES string of the molecule is CC1(C)CN(Cc2ccc(F)c(Cl)c2)CC(CBr)O1. The minimum atomic E-state index is -0.369. The fourth-order valence-corrected chi connectivity index (χ4v) is 3.05. The average molecular weight is 351 g/mol. The molecule has 106 valence electrons. The van der Waals surface area contributed by atoms with Crippen molar-refractivity contribution in [3.8, 4) is 0 Å². The standard InChI is InChI=1S/C14H18BrClFNO/c1-14(2)9-18(8-11(6-15)19-14)7-10-3-4-13(17)12(16)5-10/h3-5,11H,6-9H2,1-2H3. The molecule has 2 rings (SSSR count). The summed E-state index contributed by atoms with van der Waals surface area (Å²) in [5.41, 5.74) is 0.859. The number of nitrogens with zero attached hydrogens (tertiary/aromatic N) is 1. The normalized spacial score (nSPS) is 23.5. The van der Waals surface area contributed by atoms with Gasteiger partial charge in [-0.25, -0.2) is 4.39 Å². The fourth-order valence-electron chi connectivity index (χ4n) is 2.51. The molecule has 1 atom stereocenters. The molecule has 1 aliphatic rings. The van der Waals surface area contributed by atoms with E-state index in [0.717, 1.165) is 30.5 Å².